The van der Waals surface area contributed by atoms with Crippen LogP contribution >= 0.6 is 0 Å². The highest BCUT2D eigenvalue weighted by Crippen LogP contribution is 2.30. The van der Waals surface area contributed by atoms with Gasteiger partial charge in [-0.05, 0) is 11.1 Å². The van der Waals surface area contributed by atoms with Crippen LogP contribution in [0, 0.1) is 0 Å². The number of nitrogens with zero attached hydrogens (tertiary/aromatic N) is 1. The average Bonchev–Trinajstić information content (AvgIpc) is 2.70. The van der Waals surface area contributed by atoms with E-state index in [0.29, 0.717) is 0 Å². The summed E-state index contributed by atoms with van der Waals surface area (Å²) < 4.78 is 0. The highest BCUT2D eigenvalue weighted by Gasteiger charge is 2.29. The molecule has 2 rings (SSSR count). The van der Waals surface area contributed by atoms with Crippen LogP contribution in [-0.2, 0) is 9.59 Å². The molecular weight excluding hydrogens is 202 g/mol. The lowest BCUT2D eigenvalue weighted by atomic mass is 9.96. The molecule has 82 valence electrons. The number of rotatable bonds is 2. The normalized spacial score (nSPS) is 17.0. The molecule has 1 atom stereocenters. The first-order chi connectivity index (χ1) is 7.61. The van der Waals surface area contributed by atoms with Crippen LogP contribution in [0.15, 0.2) is 30.3 Å². The van der Waals surface area contributed by atoms with Gasteiger partial charge in [-0.2, -0.15) is 0 Å². The fraction of sp³-hybridized carbons (Fsp3) is 0.231. The van der Waals surface area contributed by atoms with Crippen molar-refractivity contribution < 1.29 is 9.59 Å². The molecule has 0 fully saturated rings. The van der Waals surface area contributed by atoms with Crippen LogP contribution in [0.5, 0.6) is 0 Å². The van der Waals surface area contributed by atoms with Crippen LogP contribution < -0.4 is 0 Å². The molecule has 0 bridgehead atoms. The van der Waals surface area contributed by atoms with E-state index in [1.807, 2.05) is 30.3 Å². The van der Waals surface area contributed by atoms with Gasteiger partial charge in [0.05, 0.1) is 5.92 Å². The van der Waals surface area contributed by atoms with E-state index in [0.717, 1.165) is 11.1 Å². The molecule has 0 unspecified atom stereocenters. The minimum Gasteiger partial charge on any atom is -0.342 e. The lowest BCUT2D eigenvalue weighted by Crippen LogP contribution is -2.32. The third-order valence-electron chi connectivity index (χ3n) is 2.70. The first-order valence-electron chi connectivity index (χ1n) is 5.14. The number of allylic oxidation sites excluding steroid dienone is 1. The van der Waals surface area contributed by atoms with E-state index in [-0.39, 0.29) is 5.78 Å². The number of hydrogen-bond donors (Lipinski definition) is 0. The Balaban J connectivity index is 2.30. The van der Waals surface area contributed by atoms with Crippen molar-refractivity contribution in [1.29, 1.82) is 0 Å². The van der Waals surface area contributed by atoms with Crippen molar-refractivity contribution in [2.24, 2.45) is 0 Å². The molecule has 1 amide bonds. The van der Waals surface area contributed by atoms with Gasteiger partial charge in [0, 0.05) is 14.1 Å². The molecule has 1 aromatic carbocycles. The number of Topliss-reactive ketones (excluding diaryl/α,β-unsaturated/α-hetero) is 1. The van der Waals surface area contributed by atoms with Gasteiger partial charge in [-0.1, -0.05) is 36.4 Å². The van der Waals surface area contributed by atoms with Gasteiger partial charge in [0.15, 0.2) is 0 Å². The minimum atomic E-state index is -0.452. The average molecular weight is 215 g/mol. The molecule has 16 heavy (non-hydrogen) atoms. The van der Waals surface area contributed by atoms with Crippen molar-refractivity contribution >= 4 is 17.8 Å². The van der Waals surface area contributed by atoms with Crippen molar-refractivity contribution in [2.75, 3.05) is 14.1 Å². The zero-order valence-electron chi connectivity index (χ0n) is 9.31. The maximum absolute atomic E-state index is 11.9. The third kappa shape index (κ3) is 1.65. The molecule has 0 saturated carbocycles. The fourth-order valence-electron chi connectivity index (χ4n) is 1.83. The first-order valence-corrected chi connectivity index (χ1v) is 5.14. The van der Waals surface area contributed by atoms with E-state index in [9.17, 15) is 9.59 Å². The summed E-state index contributed by atoms with van der Waals surface area (Å²) in [6.45, 7) is 0. The second-order valence-corrected chi connectivity index (χ2v) is 4.03. The first kappa shape index (κ1) is 10.6. The second kappa shape index (κ2) is 3.93. The summed E-state index contributed by atoms with van der Waals surface area (Å²) in [7, 11) is 3.18. The van der Waals surface area contributed by atoms with E-state index >= 15 is 0 Å². The molecule has 3 heteroatoms. The Labute approximate surface area is 94.4 Å². The summed E-state index contributed by atoms with van der Waals surface area (Å²) >= 11 is 0. The summed E-state index contributed by atoms with van der Waals surface area (Å²) in [5.74, 6) is -1.23. The van der Waals surface area contributed by atoms with Crippen LogP contribution in [0.3, 0.4) is 0 Å². The summed E-state index contributed by atoms with van der Waals surface area (Å²) in [4.78, 5) is 24.8. The van der Waals surface area contributed by atoms with Crippen molar-refractivity contribution in [3.05, 3.63) is 41.5 Å². The molecular formula is C13H13NO2. The van der Waals surface area contributed by atoms with Gasteiger partial charge >= 0.3 is 0 Å². The lowest BCUT2D eigenvalue weighted by Gasteiger charge is -2.13. The Morgan fingerprint density at radius 1 is 1.19 bits per heavy atom. The highest BCUT2D eigenvalue weighted by atomic mass is 16.2. The second-order valence-electron chi connectivity index (χ2n) is 4.03. The fourth-order valence-corrected chi connectivity index (χ4v) is 1.83. The van der Waals surface area contributed by atoms with Gasteiger partial charge in [0.25, 0.3) is 5.91 Å². The summed E-state index contributed by atoms with van der Waals surface area (Å²) in [5, 5.41) is 0. The van der Waals surface area contributed by atoms with Crippen LogP contribution in [0.4, 0.5) is 0 Å². The molecule has 0 radical (unpaired) electrons. The number of ketones is 1. The highest BCUT2D eigenvalue weighted by molar-refractivity contribution is 6.38. The lowest BCUT2D eigenvalue weighted by molar-refractivity contribution is -0.143. The van der Waals surface area contributed by atoms with Gasteiger partial charge in [-0.15, -0.1) is 0 Å². The zero-order valence-corrected chi connectivity index (χ0v) is 9.31. The Bertz CT molecular complexity index is 475. The van der Waals surface area contributed by atoms with E-state index in [2.05, 4.69) is 0 Å². The van der Waals surface area contributed by atoms with Crippen molar-refractivity contribution in [3.63, 3.8) is 0 Å². The zero-order chi connectivity index (χ0) is 11.7. The summed E-state index contributed by atoms with van der Waals surface area (Å²) in [6.07, 6.45) is 3.68. The van der Waals surface area contributed by atoms with Crippen LogP contribution in [0.25, 0.3) is 6.08 Å². The maximum atomic E-state index is 11.9. The molecule has 1 aliphatic rings. The van der Waals surface area contributed by atoms with E-state index < -0.39 is 11.8 Å². The minimum absolute atomic E-state index is 0.369. The molecule has 3 nitrogen and oxygen atoms in total. The van der Waals surface area contributed by atoms with Gasteiger partial charge < -0.3 is 4.90 Å². The van der Waals surface area contributed by atoms with E-state index in [4.69, 9.17) is 0 Å². The molecule has 1 aromatic rings. The molecule has 0 saturated heterocycles. The molecule has 0 aromatic heterocycles. The number of carbonyl (C=O) groups is 2. The van der Waals surface area contributed by atoms with Gasteiger partial charge in [0.1, 0.15) is 0 Å². The molecule has 0 aliphatic heterocycles. The number of likely N-dealkylation sites (N-methyl/N-ethyl adjacent to an activating group) is 1. The predicted molar refractivity (Wildman–Crippen MR) is 61.9 cm³/mol. The number of hydrogen-bond acceptors (Lipinski definition) is 2. The molecule has 0 N–H and O–H groups in total. The Hall–Kier alpha value is -1.90. The topological polar surface area (TPSA) is 37.4 Å². The van der Waals surface area contributed by atoms with Crippen LogP contribution in [0.1, 0.15) is 17.0 Å². The van der Waals surface area contributed by atoms with E-state index in [1.165, 1.54) is 4.90 Å². The molecule has 0 heterocycles. The monoisotopic (exact) mass is 215 g/mol. The van der Waals surface area contributed by atoms with E-state index in [1.54, 1.807) is 20.2 Å². The number of carbonyl (C=O) groups excluding carboxylic acids is 2. The van der Waals surface area contributed by atoms with Crippen LogP contribution in [0.2, 0.25) is 0 Å². The Kier molecular flexibility index (Phi) is 2.60. The Morgan fingerprint density at radius 3 is 2.56 bits per heavy atom. The van der Waals surface area contributed by atoms with Crippen molar-refractivity contribution in [3.8, 4) is 0 Å². The SMILES string of the molecule is CN(C)C(=O)C(=O)[C@H]1C=Cc2ccccc21. The van der Waals surface area contributed by atoms with Crippen molar-refractivity contribution in [2.45, 2.75) is 5.92 Å². The largest absolute Gasteiger partial charge is 0.342 e. The van der Waals surface area contributed by atoms with Gasteiger partial charge in [-0.3, -0.25) is 9.59 Å². The van der Waals surface area contributed by atoms with Gasteiger partial charge in [-0.25, -0.2) is 0 Å². The number of benzene rings is 1. The van der Waals surface area contributed by atoms with Crippen LogP contribution in [-0.4, -0.2) is 30.7 Å². The quantitative estimate of drug-likeness (QED) is 0.700. The number of amides is 1. The maximum Gasteiger partial charge on any atom is 0.290 e. The molecule has 0 spiro atoms. The summed E-state index contributed by atoms with van der Waals surface area (Å²) in [6, 6.07) is 7.64. The predicted octanol–water partition coefficient (Wildman–Crippen LogP) is 1.45. The number of fused-ring (bicyclic) bond motifs is 1. The smallest absolute Gasteiger partial charge is 0.290 e. The standard InChI is InChI=1S/C13H13NO2/c1-14(2)13(16)12(15)11-8-7-9-5-3-4-6-10(9)11/h3-8,11H,1-2H3/t11-/m0/s1. The summed E-state index contributed by atoms with van der Waals surface area (Å²) in [5.41, 5.74) is 1.94. The molecule has 1 aliphatic carbocycles. The van der Waals surface area contributed by atoms with Crippen molar-refractivity contribution in [1.82, 2.24) is 4.90 Å². The third-order valence-corrected chi connectivity index (χ3v) is 2.70. The van der Waals surface area contributed by atoms with Gasteiger partial charge in [0.2, 0.25) is 5.78 Å². The Morgan fingerprint density at radius 2 is 1.88 bits per heavy atom.